The van der Waals surface area contributed by atoms with Gasteiger partial charge in [-0.2, -0.15) is 0 Å². The van der Waals surface area contributed by atoms with Crippen molar-refractivity contribution < 1.29 is 0 Å². The Balaban J connectivity index is 4.35. The van der Waals surface area contributed by atoms with Crippen molar-refractivity contribution in [1.82, 2.24) is 0 Å². The maximum atomic E-state index is 8.96. The summed E-state index contributed by atoms with van der Waals surface area (Å²) in [6.45, 7) is 8.67. The van der Waals surface area contributed by atoms with Gasteiger partial charge >= 0.3 is 64.0 Å². The fourth-order valence-corrected chi connectivity index (χ4v) is 4.06. The topological polar surface area (TPSA) is 23.8 Å². The van der Waals surface area contributed by atoms with Crippen molar-refractivity contribution in [2.24, 2.45) is 0 Å². The molecule has 0 atom stereocenters. The molecule has 0 saturated heterocycles. The van der Waals surface area contributed by atoms with Crippen LogP contribution in [0.3, 0.4) is 0 Å². The normalized spacial score (nSPS) is 13.2. The molecule has 0 heterocycles. The van der Waals surface area contributed by atoms with E-state index in [-0.39, 0.29) is 0 Å². The second-order valence-corrected chi connectivity index (χ2v) is 8.23. The molecule has 0 aromatic carbocycles. The molecule has 2 heteroatoms. The molecule has 0 aliphatic carbocycles. The summed E-state index contributed by atoms with van der Waals surface area (Å²) < 4.78 is 0. The molecular formula is C8H18NP. The summed E-state index contributed by atoms with van der Waals surface area (Å²) >= 11 is 0. The first-order valence-electron chi connectivity index (χ1n) is 4.04. The van der Waals surface area contributed by atoms with E-state index in [0.29, 0.717) is 5.66 Å². The number of rotatable bonds is 3. The molecular weight excluding hydrogens is 141 g/mol. The summed E-state index contributed by atoms with van der Waals surface area (Å²) in [5, 5.41) is 8.96. The standard InChI is InChI=1S/C8H18NP/c1-5-10(6-2,7-9)8(3)4/h8,10H,5-6H2,1-4H3. The summed E-state index contributed by atoms with van der Waals surface area (Å²) in [7, 11) is -1.49. The summed E-state index contributed by atoms with van der Waals surface area (Å²) in [4.78, 5) is 0. The van der Waals surface area contributed by atoms with E-state index in [2.05, 4.69) is 33.5 Å². The Kier molecular flexibility index (Phi) is 3.91. The molecule has 0 bridgehead atoms. The first-order chi connectivity index (χ1) is 4.63. The molecule has 0 spiro atoms. The van der Waals surface area contributed by atoms with Crippen molar-refractivity contribution in [2.45, 2.75) is 33.4 Å². The molecule has 1 nitrogen and oxygen atoms in total. The van der Waals surface area contributed by atoms with E-state index in [1.807, 2.05) is 0 Å². The van der Waals surface area contributed by atoms with E-state index in [1.54, 1.807) is 0 Å². The van der Waals surface area contributed by atoms with Gasteiger partial charge in [-0.05, 0) is 0 Å². The molecule has 0 rings (SSSR count). The van der Waals surface area contributed by atoms with E-state index in [1.165, 1.54) is 0 Å². The van der Waals surface area contributed by atoms with Gasteiger partial charge in [0.15, 0.2) is 0 Å². The van der Waals surface area contributed by atoms with Crippen LogP contribution in [0.4, 0.5) is 0 Å². The van der Waals surface area contributed by atoms with Gasteiger partial charge in [0.05, 0.1) is 0 Å². The molecule has 10 heavy (non-hydrogen) atoms. The minimum atomic E-state index is -1.49. The fourth-order valence-electron chi connectivity index (χ4n) is 1.35. The van der Waals surface area contributed by atoms with E-state index in [0.717, 1.165) is 12.3 Å². The van der Waals surface area contributed by atoms with Crippen LogP contribution in [-0.2, 0) is 0 Å². The predicted molar refractivity (Wildman–Crippen MR) is 50.1 cm³/mol. The van der Waals surface area contributed by atoms with Crippen LogP contribution >= 0.6 is 7.26 Å². The summed E-state index contributed by atoms with van der Waals surface area (Å²) in [5.74, 6) is 2.55. The van der Waals surface area contributed by atoms with Crippen LogP contribution in [0, 0.1) is 11.1 Å². The average Bonchev–Trinajstić information content (AvgIpc) is 1.92. The molecule has 0 aliphatic heterocycles. The third-order valence-electron chi connectivity index (χ3n) is 2.59. The van der Waals surface area contributed by atoms with Crippen molar-refractivity contribution in [2.75, 3.05) is 12.3 Å². The average molecular weight is 159 g/mol. The zero-order valence-corrected chi connectivity index (χ0v) is 8.44. The minimum absolute atomic E-state index is 0.618. The Hall–Kier alpha value is -0.0800. The third kappa shape index (κ3) is 1.70. The van der Waals surface area contributed by atoms with E-state index in [4.69, 9.17) is 5.26 Å². The Bertz CT molecular complexity index is 131. The molecule has 0 saturated carbocycles. The van der Waals surface area contributed by atoms with Gasteiger partial charge in [0, 0.05) is 0 Å². The Morgan fingerprint density at radius 3 is 1.70 bits per heavy atom. The van der Waals surface area contributed by atoms with Crippen LogP contribution in [0.5, 0.6) is 0 Å². The van der Waals surface area contributed by atoms with Crippen LogP contribution < -0.4 is 0 Å². The monoisotopic (exact) mass is 159 g/mol. The van der Waals surface area contributed by atoms with Gasteiger partial charge in [-0.3, -0.25) is 0 Å². The molecule has 0 fully saturated rings. The number of hydrogen-bond acceptors (Lipinski definition) is 1. The van der Waals surface area contributed by atoms with Crippen LogP contribution in [0.15, 0.2) is 0 Å². The van der Waals surface area contributed by atoms with Gasteiger partial charge < -0.3 is 0 Å². The molecule has 0 amide bonds. The second-order valence-electron chi connectivity index (χ2n) is 3.13. The van der Waals surface area contributed by atoms with Crippen LogP contribution in [0.25, 0.3) is 0 Å². The van der Waals surface area contributed by atoms with Crippen molar-refractivity contribution in [1.29, 1.82) is 5.26 Å². The first-order valence-corrected chi connectivity index (χ1v) is 6.53. The van der Waals surface area contributed by atoms with Gasteiger partial charge in [-0.25, -0.2) is 0 Å². The molecule has 0 aliphatic rings. The summed E-state index contributed by atoms with van der Waals surface area (Å²) in [6, 6.07) is 0. The number of nitriles is 1. The first kappa shape index (κ1) is 9.92. The van der Waals surface area contributed by atoms with Crippen molar-refractivity contribution in [3.05, 3.63) is 0 Å². The second kappa shape index (κ2) is 3.94. The van der Waals surface area contributed by atoms with Gasteiger partial charge in [-0.15, -0.1) is 0 Å². The molecule has 0 N–H and O–H groups in total. The molecule has 0 aromatic rings. The zero-order chi connectivity index (χ0) is 8.20. The van der Waals surface area contributed by atoms with Gasteiger partial charge in [0.25, 0.3) is 0 Å². The maximum absolute atomic E-state index is 8.96. The van der Waals surface area contributed by atoms with E-state index in [9.17, 15) is 0 Å². The fraction of sp³-hybridized carbons (Fsp3) is 0.875. The van der Waals surface area contributed by atoms with Gasteiger partial charge in [0.2, 0.25) is 0 Å². The number of nitrogens with zero attached hydrogens (tertiary/aromatic N) is 1. The molecule has 60 valence electrons. The summed E-state index contributed by atoms with van der Waals surface area (Å²) in [5.41, 5.74) is 0.618. The predicted octanol–water partition coefficient (Wildman–Crippen LogP) is 2.67. The quantitative estimate of drug-likeness (QED) is 0.581. The Morgan fingerprint density at radius 2 is 1.70 bits per heavy atom. The molecule has 0 aromatic heterocycles. The van der Waals surface area contributed by atoms with Crippen molar-refractivity contribution in [3.8, 4) is 5.81 Å². The van der Waals surface area contributed by atoms with E-state index >= 15 is 0 Å². The van der Waals surface area contributed by atoms with E-state index < -0.39 is 7.26 Å². The van der Waals surface area contributed by atoms with Crippen molar-refractivity contribution in [3.63, 3.8) is 0 Å². The zero-order valence-electron chi connectivity index (χ0n) is 7.44. The van der Waals surface area contributed by atoms with Gasteiger partial charge in [-0.1, -0.05) is 0 Å². The summed E-state index contributed by atoms with van der Waals surface area (Å²) in [6.07, 6.45) is 2.22. The number of hydrogen-bond donors (Lipinski definition) is 0. The van der Waals surface area contributed by atoms with Crippen LogP contribution in [-0.4, -0.2) is 18.0 Å². The van der Waals surface area contributed by atoms with Crippen LogP contribution in [0.2, 0.25) is 0 Å². The molecule has 0 unspecified atom stereocenters. The van der Waals surface area contributed by atoms with Crippen molar-refractivity contribution >= 4 is 7.26 Å². The third-order valence-corrected chi connectivity index (χ3v) is 7.77. The molecule has 0 radical (unpaired) electrons. The Morgan fingerprint density at radius 1 is 1.30 bits per heavy atom. The SMILES string of the molecule is CC[PH](C#N)(CC)C(C)C. The van der Waals surface area contributed by atoms with Crippen LogP contribution in [0.1, 0.15) is 27.7 Å². The van der Waals surface area contributed by atoms with Gasteiger partial charge in [0.1, 0.15) is 0 Å². The Labute approximate surface area is 64.8 Å².